The van der Waals surface area contributed by atoms with Gasteiger partial charge in [-0.15, -0.1) is 5.10 Å². The highest BCUT2D eigenvalue weighted by molar-refractivity contribution is 6.32. The monoisotopic (exact) mass is 335 g/mol. The summed E-state index contributed by atoms with van der Waals surface area (Å²) in [6.45, 7) is 0. The Morgan fingerprint density at radius 3 is 2.83 bits per heavy atom. The number of amides is 1. The number of aromatic nitrogens is 4. The lowest BCUT2D eigenvalue weighted by Gasteiger charge is -2.10. The van der Waals surface area contributed by atoms with Crippen LogP contribution in [-0.2, 0) is 9.59 Å². The molecule has 0 aliphatic heterocycles. The molecule has 8 nitrogen and oxygen atoms in total. The summed E-state index contributed by atoms with van der Waals surface area (Å²) in [6, 6.07) is 4.96. The van der Waals surface area contributed by atoms with E-state index in [0.717, 1.165) is 18.7 Å². The fourth-order valence-electron chi connectivity index (χ4n) is 2.16. The summed E-state index contributed by atoms with van der Waals surface area (Å²) in [7, 11) is 0. The van der Waals surface area contributed by atoms with Crippen molar-refractivity contribution in [2.24, 2.45) is 0 Å². The van der Waals surface area contributed by atoms with Crippen molar-refractivity contribution in [3.63, 3.8) is 0 Å². The molecule has 120 valence electrons. The summed E-state index contributed by atoms with van der Waals surface area (Å²) >= 11 is 6.22. The van der Waals surface area contributed by atoms with Crippen LogP contribution in [0.1, 0.15) is 37.4 Å². The van der Waals surface area contributed by atoms with Crippen LogP contribution in [0.4, 0.5) is 5.69 Å². The molecular formula is C14H14ClN5O3. The Morgan fingerprint density at radius 1 is 1.35 bits per heavy atom. The highest BCUT2D eigenvalue weighted by atomic mass is 35.5. The number of rotatable bonds is 6. The second-order valence-electron chi connectivity index (χ2n) is 5.33. The number of anilines is 1. The van der Waals surface area contributed by atoms with Gasteiger partial charge in [0.05, 0.1) is 17.1 Å². The molecule has 23 heavy (non-hydrogen) atoms. The summed E-state index contributed by atoms with van der Waals surface area (Å²) in [5.74, 6) is -0.296. The van der Waals surface area contributed by atoms with Gasteiger partial charge in [0, 0.05) is 18.0 Å². The Hall–Kier alpha value is -2.48. The van der Waals surface area contributed by atoms with Crippen molar-refractivity contribution in [3.8, 4) is 5.69 Å². The van der Waals surface area contributed by atoms with Gasteiger partial charge in [-0.25, -0.2) is 0 Å². The largest absolute Gasteiger partial charge is 0.481 e. The molecule has 2 aromatic rings. The third-order valence-electron chi connectivity index (χ3n) is 3.46. The molecule has 0 spiro atoms. The van der Waals surface area contributed by atoms with Gasteiger partial charge < -0.3 is 10.4 Å². The van der Waals surface area contributed by atoms with Crippen molar-refractivity contribution in [2.75, 3.05) is 5.32 Å². The average Bonchev–Trinajstić information content (AvgIpc) is 3.25. The van der Waals surface area contributed by atoms with Crippen LogP contribution in [0.2, 0.25) is 5.02 Å². The summed E-state index contributed by atoms with van der Waals surface area (Å²) in [5.41, 5.74) is 1.09. The summed E-state index contributed by atoms with van der Waals surface area (Å²) in [5, 5.41) is 23.4. The first-order chi connectivity index (χ1) is 11.0. The minimum atomic E-state index is -1.01. The van der Waals surface area contributed by atoms with Crippen molar-refractivity contribution in [3.05, 3.63) is 29.0 Å². The highest BCUT2D eigenvalue weighted by Gasteiger charge is 2.30. The fraction of sp³-hybridized carbons (Fsp3) is 0.357. The van der Waals surface area contributed by atoms with Gasteiger partial charge in [0.1, 0.15) is 0 Å². The average molecular weight is 336 g/mol. The van der Waals surface area contributed by atoms with Gasteiger partial charge >= 0.3 is 5.97 Å². The molecule has 0 unspecified atom stereocenters. The van der Waals surface area contributed by atoms with E-state index >= 15 is 0 Å². The maximum atomic E-state index is 11.7. The van der Waals surface area contributed by atoms with E-state index in [1.54, 1.807) is 22.9 Å². The van der Waals surface area contributed by atoms with Crippen molar-refractivity contribution >= 4 is 29.2 Å². The molecule has 1 aliphatic carbocycles. The van der Waals surface area contributed by atoms with Crippen molar-refractivity contribution in [2.45, 2.75) is 31.6 Å². The minimum Gasteiger partial charge on any atom is -0.481 e. The number of hydrogen-bond donors (Lipinski definition) is 2. The van der Waals surface area contributed by atoms with Crippen LogP contribution >= 0.6 is 11.6 Å². The third-order valence-corrected chi connectivity index (χ3v) is 3.78. The Bertz CT molecular complexity index is 757. The zero-order chi connectivity index (χ0) is 16.4. The number of tetrazole rings is 1. The molecule has 1 saturated carbocycles. The number of carboxylic acid groups (broad SMARTS) is 1. The van der Waals surface area contributed by atoms with Crippen LogP contribution in [0.5, 0.6) is 0 Å². The van der Waals surface area contributed by atoms with Crippen LogP contribution < -0.4 is 5.32 Å². The second kappa shape index (κ2) is 6.33. The van der Waals surface area contributed by atoms with E-state index in [1.807, 2.05) is 0 Å². The fourth-order valence-corrected chi connectivity index (χ4v) is 2.36. The standard InChI is InChI=1S/C14H14ClN5O3/c15-10-4-3-9(16-12(21)5-6-13(22)23)7-11(10)20-14(8-1-2-8)17-18-19-20/h3-4,7-8H,1-2,5-6H2,(H,16,21)(H,22,23). The molecular weight excluding hydrogens is 322 g/mol. The van der Waals surface area contributed by atoms with Crippen LogP contribution in [0.3, 0.4) is 0 Å². The molecule has 2 N–H and O–H groups in total. The van der Waals surface area contributed by atoms with Gasteiger partial charge in [0.15, 0.2) is 5.82 Å². The van der Waals surface area contributed by atoms with E-state index in [9.17, 15) is 9.59 Å². The lowest BCUT2D eigenvalue weighted by atomic mass is 10.2. The molecule has 0 radical (unpaired) electrons. The lowest BCUT2D eigenvalue weighted by molar-refractivity contribution is -0.138. The van der Waals surface area contributed by atoms with Crippen LogP contribution in [0.15, 0.2) is 18.2 Å². The molecule has 1 amide bonds. The number of hydrogen-bond acceptors (Lipinski definition) is 5. The van der Waals surface area contributed by atoms with Crippen LogP contribution in [0, 0.1) is 0 Å². The summed E-state index contributed by atoms with van der Waals surface area (Å²) in [4.78, 5) is 22.2. The predicted octanol–water partition coefficient (Wildman–Crippen LogP) is 2.00. The minimum absolute atomic E-state index is 0.0918. The van der Waals surface area contributed by atoms with Gasteiger partial charge in [-0.3, -0.25) is 9.59 Å². The molecule has 1 aromatic carbocycles. The topological polar surface area (TPSA) is 110 Å². The smallest absolute Gasteiger partial charge is 0.303 e. The SMILES string of the molecule is O=C(O)CCC(=O)Nc1ccc(Cl)c(-n2nnnc2C2CC2)c1. The Labute approximate surface area is 136 Å². The van der Waals surface area contributed by atoms with Gasteiger partial charge in [0.25, 0.3) is 0 Å². The molecule has 1 aromatic heterocycles. The number of benzene rings is 1. The molecule has 9 heteroatoms. The first-order valence-corrected chi connectivity index (χ1v) is 7.52. The van der Waals surface area contributed by atoms with Gasteiger partial charge in [-0.05, 0) is 41.5 Å². The normalized spacial score (nSPS) is 13.8. The summed E-state index contributed by atoms with van der Waals surface area (Å²) < 4.78 is 1.58. The molecule has 1 aliphatic rings. The molecule has 0 bridgehead atoms. The molecule has 1 heterocycles. The quantitative estimate of drug-likeness (QED) is 0.835. The number of nitrogens with zero attached hydrogens (tertiary/aromatic N) is 4. The number of carbonyl (C=O) groups excluding carboxylic acids is 1. The van der Waals surface area contributed by atoms with Crippen molar-refractivity contribution in [1.82, 2.24) is 20.2 Å². The van der Waals surface area contributed by atoms with Crippen LogP contribution in [0.25, 0.3) is 5.69 Å². The third kappa shape index (κ3) is 3.65. The van der Waals surface area contributed by atoms with Gasteiger partial charge in [-0.2, -0.15) is 4.68 Å². The zero-order valence-electron chi connectivity index (χ0n) is 12.1. The van der Waals surface area contributed by atoms with Crippen molar-refractivity contribution in [1.29, 1.82) is 0 Å². The van der Waals surface area contributed by atoms with Gasteiger partial charge in [0.2, 0.25) is 5.91 Å². The van der Waals surface area contributed by atoms with Gasteiger partial charge in [-0.1, -0.05) is 11.6 Å². The highest BCUT2D eigenvalue weighted by Crippen LogP contribution is 2.39. The number of carboxylic acids is 1. The maximum absolute atomic E-state index is 11.7. The maximum Gasteiger partial charge on any atom is 0.303 e. The van der Waals surface area contributed by atoms with E-state index in [0.29, 0.717) is 22.3 Å². The molecule has 1 fully saturated rings. The molecule has 0 atom stereocenters. The lowest BCUT2D eigenvalue weighted by Crippen LogP contribution is -2.13. The Morgan fingerprint density at radius 2 is 2.13 bits per heavy atom. The zero-order valence-corrected chi connectivity index (χ0v) is 12.8. The Balaban J connectivity index is 1.80. The predicted molar refractivity (Wildman–Crippen MR) is 81.6 cm³/mol. The van der Waals surface area contributed by atoms with E-state index in [2.05, 4.69) is 20.8 Å². The number of halogens is 1. The van der Waals surface area contributed by atoms with Crippen LogP contribution in [-0.4, -0.2) is 37.2 Å². The van der Waals surface area contributed by atoms with Crippen molar-refractivity contribution < 1.29 is 14.7 Å². The van der Waals surface area contributed by atoms with E-state index in [4.69, 9.17) is 16.7 Å². The van der Waals surface area contributed by atoms with E-state index in [-0.39, 0.29) is 18.7 Å². The van der Waals surface area contributed by atoms with E-state index in [1.165, 1.54) is 0 Å². The number of aliphatic carboxylic acids is 1. The second-order valence-corrected chi connectivity index (χ2v) is 5.74. The molecule has 0 saturated heterocycles. The number of nitrogens with one attached hydrogen (secondary N) is 1. The number of carbonyl (C=O) groups is 2. The summed E-state index contributed by atoms with van der Waals surface area (Å²) in [6.07, 6.45) is 1.78. The van der Waals surface area contributed by atoms with E-state index < -0.39 is 5.97 Å². The molecule has 3 rings (SSSR count). The first-order valence-electron chi connectivity index (χ1n) is 7.14. The first kappa shape index (κ1) is 15.4. The Kier molecular flexibility index (Phi) is 4.24.